The summed E-state index contributed by atoms with van der Waals surface area (Å²) < 4.78 is 4.60. The highest BCUT2D eigenvalue weighted by Gasteiger charge is 2.22. The molecule has 2 heterocycles. The number of nitrogens with zero attached hydrogens (tertiary/aromatic N) is 3. The topological polar surface area (TPSA) is 67.4 Å². The van der Waals surface area contributed by atoms with Gasteiger partial charge < -0.3 is 15.0 Å². The van der Waals surface area contributed by atoms with Gasteiger partial charge in [-0.05, 0) is 19.5 Å². The number of anilines is 1. The van der Waals surface area contributed by atoms with Crippen LogP contribution < -0.4 is 10.2 Å². The second kappa shape index (κ2) is 5.09. The summed E-state index contributed by atoms with van der Waals surface area (Å²) in [5.41, 5.74) is 0. The monoisotopic (exact) mass is 236 g/mol. The molecule has 6 heteroatoms. The minimum absolute atomic E-state index is 0.109. The first-order valence-corrected chi connectivity index (χ1v) is 5.58. The molecule has 1 aromatic rings. The van der Waals surface area contributed by atoms with Crippen molar-refractivity contribution in [2.75, 3.05) is 32.1 Å². The lowest BCUT2D eigenvalue weighted by molar-refractivity contribution is 0.0587. The molecule has 6 nitrogen and oxygen atoms in total. The molecule has 1 aliphatic rings. The summed E-state index contributed by atoms with van der Waals surface area (Å²) in [5.74, 6) is 0.382. The highest BCUT2D eigenvalue weighted by molar-refractivity contribution is 5.85. The smallest absolute Gasteiger partial charge is 0.376 e. The number of nitrogens with one attached hydrogen (secondary N) is 1. The van der Waals surface area contributed by atoms with E-state index in [0.29, 0.717) is 6.04 Å². The number of methoxy groups -OCH3 is 1. The first kappa shape index (κ1) is 11.8. The third-order valence-corrected chi connectivity index (χ3v) is 2.93. The SMILES string of the molecule is CNC1CCN(c2ccnc(C(=O)OC)n2)C1. The van der Waals surface area contributed by atoms with E-state index in [2.05, 4.69) is 24.9 Å². The van der Waals surface area contributed by atoms with Crippen molar-refractivity contribution >= 4 is 11.8 Å². The van der Waals surface area contributed by atoms with Crippen LogP contribution in [-0.2, 0) is 4.74 Å². The number of rotatable bonds is 3. The molecule has 1 atom stereocenters. The molecule has 0 aromatic carbocycles. The van der Waals surface area contributed by atoms with Gasteiger partial charge in [0.05, 0.1) is 7.11 Å². The number of esters is 1. The Morgan fingerprint density at radius 3 is 3.12 bits per heavy atom. The Morgan fingerprint density at radius 2 is 2.47 bits per heavy atom. The number of carbonyl (C=O) groups is 1. The number of hydrogen-bond donors (Lipinski definition) is 1. The van der Waals surface area contributed by atoms with Gasteiger partial charge in [-0.1, -0.05) is 0 Å². The van der Waals surface area contributed by atoms with Crippen molar-refractivity contribution < 1.29 is 9.53 Å². The van der Waals surface area contributed by atoms with Gasteiger partial charge in [0.15, 0.2) is 0 Å². The lowest BCUT2D eigenvalue weighted by atomic mass is 10.3. The second-order valence-electron chi connectivity index (χ2n) is 3.95. The molecule has 0 amide bonds. The summed E-state index contributed by atoms with van der Waals surface area (Å²) in [5, 5.41) is 3.24. The summed E-state index contributed by atoms with van der Waals surface area (Å²) in [6.07, 6.45) is 2.66. The van der Waals surface area contributed by atoms with Crippen molar-refractivity contribution in [3.8, 4) is 0 Å². The van der Waals surface area contributed by atoms with Gasteiger partial charge in [0, 0.05) is 25.3 Å². The molecule has 0 bridgehead atoms. The van der Waals surface area contributed by atoms with Crippen molar-refractivity contribution in [1.82, 2.24) is 15.3 Å². The molecular formula is C11H16N4O2. The van der Waals surface area contributed by atoms with Gasteiger partial charge in [0.1, 0.15) is 5.82 Å². The first-order chi connectivity index (χ1) is 8.24. The lowest BCUT2D eigenvalue weighted by Crippen LogP contribution is -2.30. The Labute approximate surface area is 100 Å². The summed E-state index contributed by atoms with van der Waals surface area (Å²) in [6, 6.07) is 2.29. The van der Waals surface area contributed by atoms with Gasteiger partial charge in [-0.3, -0.25) is 0 Å². The van der Waals surface area contributed by atoms with E-state index in [-0.39, 0.29) is 5.82 Å². The van der Waals surface area contributed by atoms with Gasteiger partial charge in [0.25, 0.3) is 0 Å². The predicted octanol–water partition coefficient (Wildman–Crippen LogP) is 0.0613. The van der Waals surface area contributed by atoms with E-state index in [4.69, 9.17) is 0 Å². The molecule has 1 aromatic heterocycles. The van der Waals surface area contributed by atoms with Gasteiger partial charge in [-0.25, -0.2) is 14.8 Å². The molecule has 92 valence electrons. The fraction of sp³-hybridized carbons (Fsp3) is 0.545. The minimum atomic E-state index is -0.504. The van der Waals surface area contributed by atoms with Crippen LogP contribution >= 0.6 is 0 Å². The third kappa shape index (κ3) is 2.52. The Bertz CT molecular complexity index is 410. The van der Waals surface area contributed by atoms with Crippen molar-refractivity contribution in [2.24, 2.45) is 0 Å². The number of ether oxygens (including phenoxy) is 1. The number of carbonyl (C=O) groups excluding carboxylic acids is 1. The van der Waals surface area contributed by atoms with Crippen LogP contribution in [0.3, 0.4) is 0 Å². The van der Waals surface area contributed by atoms with Gasteiger partial charge >= 0.3 is 5.97 Å². The van der Waals surface area contributed by atoms with E-state index >= 15 is 0 Å². The predicted molar refractivity (Wildman–Crippen MR) is 63.0 cm³/mol. The molecule has 1 N–H and O–H groups in total. The van der Waals surface area contributed by atoms with Crippen LogP contribution in [-0.4, -0.2) is 49.2 Å². The van der Waals surface area contributed by atoms with Crippen molar-refractivity contribution in [3.05, 3.63) is 18.1 Å². The average Bonchev–Trinajstić information content (AvgIpc) is 2.86. The number of hydrogen-bond acceptors (Lipinski definition) is 6. The standard InChI is InChI=1S/C11H16N4O2/c1-12-8-4-6-15(7-8)9-3-5-13-10(14-9)11(16)17-2/h3,5,8,12H,4,6-7H2,1-2H3. The average molecular weight is 236 g/mol. The Hall–Kier alpha value is -1.69. The van der Waals surface area contributed by atoms with Gasteiger partial charge in [-0.2, -0.15) is 0 Å². The van der Waals surface area contributed by atoms with E-state index < -0.39 is 5.97 Å². The Balaban J connectivity index is 2.14. The van der Waals surface area contributed by atoms with Gasteiger partial charge in [0.2, 0.25) is 5.82 Å². The summed E-state index contributed by atoms with van der Waals surface area (Å²) >= 11 is 0. The van der Waals surface area contributed by atoms with Crippen molar-refractivity contribution in [2.45, 2.75) is 12.5 Å². The fourth-order valence-corrected chi connectivity index (χ4v) is 1.92. The zero-order chi connectivity index (χ0) is 12.3. The molecular weight excluding hydrogens is 220 g/mol. The highest BCUT2D eigenvalue weighted by atomic mass is 16.5. The van der Waals surface area contributed by atoms with E-state index in [1.807, 2.05) is 13.1 Å². The van der Waals surface area contributed by atoms with E-state index in [1.165, 1.54) is 7.11 Å². The molecule has 1 unspecified atom stereocenters. The molecule has 0 saturated carbocycles. The lowest BCUT2D eigenvalue weighted by Gasteiger charge is -2.17. The molecule has 0 radical (unpaired) electrons. The zero-order valence-corrected chi connectivity index (χ0v) is 10.0. The number of likely N-dealkylation sites (N-methyl/N-ethyl adjacent to an activating group) is 1. The fourth-order valence-electron chi connectivity index (χ4n) is 1.92. The molecule has 0 spiro atoms. The van der Waals surface area contributed by atoms with Crippen LogP contribution in [0.2, 0.25) is 0 Å². The van der Waals surface area contributed by atoms with Crippen LogP contribution in [0.5, 0.6) is 0 Å². The first-order valence-electron chi connectivity index (χ1n) is 5.58. The maximum atomic E-state index is 11.3. The van der Waals surface area contributed by atoms with E-state index in [9.17, 15) is 4.79 Å². The Morgan fingerprint density at radius 1 is 1.65 bits per heavy atom. The largest absolute Gasteiger partial charge is 0.463 e. The van der Waals surface area contributed by atoms with Crippen molar-refractivity contribution in [1.29, 1.82) is 0 Å². The van der Waals surface area contributed by atoms with Crippen LogP contribution in [0.4, 0.5) is 5.82 Å². The highest BCUT2D eigenvalue weighted by Crippen LogP contribution is 2.17. The summed E-state index contributed by atoms with van der Waals surface area (Å²) in [7, 11) is 3.28. The van der Waals surface area contributed by atoms with Gasteiger partial charge in [-0.15, -0.1) is 0 Å². The molecule has 1 saturated heterocycles. The van der Waals surface area contributed by atoms with Crippen molar-refractivity contribution in [3.63, 3.8) is 0 Å². The maximum Gasteiger partial charge on any atom is 0.376 e. The van der Waals surface area contributed by atoms with Crippen LogP contribution in [0.25, 0.3) is 0 Å². The Kier molecular flexibility index (Phi) is 3.53. The quantitative estimate of drug-likeness (QED) is 0.749. The second-order valence-corrected chi connectivity index (χ2v) is 3.95. The molecule has 1 fully saturated rings. The minimum Gasteiger partial charge on any atom is -0.463 e. The number of aromatic nitrogens is 2. The molecule has 17 heavy (non-hydrogen) atoms. The molecule has 2 rings (SSSR count). The maximum absolute atomic E-state index is 11.3. The zero-order valence-electron chi connectivity index (χ0n) is 10.0. The normalized spacial score (nSPS) is 19.4. The molecule has 0 aliphatic carbocycles. The van der Waals surface area contributed by atoms with Crippen LogP contribution in [0.1, 0.15) is 17.0 Å². The molecule has 1 aliphatic heterocycles. The van der Waals surface area contributed by atoms with Crippen LogP contribution in [0, 0.1) is 0 Å². The van der Waals surface area contributed by atoms with E-state index in [0.717, 1.165) is 25.3 Å². The third-order valence-electron chi connectivity index (χ3n) is 2.93. The van der Waals surface area contributed by atoms with Crippen LogP contribution in [0.15, 0.2) is 12.3 Å². The summed E-state index contributed by atoms with van der Waals surface area (Å²) in [6.45, 7) is 1.83. The van der Waals surface area contributed by atoms with E-state index in [1.54, 1.807) is 6.20 Å². The summed E-state index contributed by atoms with van der Waals surface area (Å²) in [4.78, 5) is 21.6.